The Bertz CT molecular complexity index is 1360. The Morgan fingerprint density at radius 2 is 1.84 bits per heavy atom. The highest BCUT2D eigenvalue weighted by Crippen LogP contribution is 2.57. The van der Waals surface area contributed by atoms with Crippen LogP contribution in [0.1, 0.15) is 29.5 Å². The molecule has 2 N–H and O–H groups in total. The van der Waals surface area contributed by atoms with Crippen LogP contribution in [0.5, 0.6) is 0 Å². The van der Waals surface area contributed by atoms with Crippen LogP contribution in [0.4, 0.5) is 5.69 Å². The van der Waals surface area contributed by atoms with Gasteiger partial charge in [-0.3, -0.25) is 9.78 Å². The van der Waals surface area contributed by atoms with E-state index in [4.69, 9.17) is 5.14 Å². The Kier molecular flexibility index (Phi) is 4.13. The zero-order valence-corrected chi connectivity index (χ0v) is 18.3. The van der Waals surface area contributed by atoms with Crippen LogP contribution in [0, 0.1) is 5.92 Å². The Hall–Kier alpha value is -3.03. The van der Waals surface area contributed by atoms with Gasteiger partial charge < -0.3 is 4.90 Å². The van der Waals surface area contributed by atoms with Crippen molar-refractivity contribution in [1.82, 2.24) is 4.98 Å². The molecule has 1 amide bonds. The molecule has 32 heavy (non-hydrogen) atoms. The van der Waals surface area contributed by atoms with Crippen molar-refractivity contribution in [3.63, 3.8) is 0 Å². The molecule has 0 bridgehead atoms. The van der Waals surface area contributed by atoms with E-state index in [1.165, 1.54) is 11.1 Å². The summed E-state index contributed by atoms with van der Waals surface area (Å²) in [4.78, 5) is 19.9. The maximum absolute atomic E-state index is 13.6. The lowest BCUT2D eigenvalue weighted by Gasteiger charge is -2.22. The SMILES string of the molecule is NS(=O)(=O)c1ccc2c(c1)N(C(=O)[C@@H]1Cc3ccc(-c4ccccn4)cc3C1)CC21CC1. The van der Waals surface area contributed by atoms with Gasteiger partial charge in [0.1, 0.15) is 0 Å². The van der Waals surface area contributed by atoms with Crippen molar-refractivity contribution >= 4 is 21.6 Å². The van der Waals surface area contributed by atoms with Crippen LogP contribution < -0.4 is 10.0 Å². The summed E-state index contributed by atoms with van der Waals surface area (Å²) in [6.45, 7) is 0.626. The maximum atomic E-state index is 13.6. The quantitative estimate of drug-likeness (QED) is 0.670. The molecule has 0 unspecified atom stereocenters. The number of benzene rings is 2. The van der Waals surface area contributed by atoms with Crippen LogP contribution in [0.25, 0.3) is 11.3 Å². The first-order valence-electron chi connectivity index (χ1n) is 10.9. The predicted molar refractivity (Wildman–Crippen MR) is 122 cm³/mol. The second-order valence-corrected chi connectivity index (χ2v) is 10.8. The molecular formula is C25H23N3O3S. The number of sulfonamides is 1. The van der Waals surface area contributed by atoms with Gasteiger partial charge in [0.2, 0.25) is 15.9 Å². The van der Waals surface area contributed by atoms with E-state index < -0.39 is 10.0 Å². The number of hydrogen-bond donors (Lipinski definition) is 1. The minimum atomic E-state index is -3.83. The molecule has 1 atom stereocenters. The highest BCUT2D eigenvalue weighted by Gasteiger charge is 2.53. The molecule has 6 nitrogen and oxygen atoms in total. The second-order valence-electron chi connectivity index (χ2n) is 9.23. The summed E-state index contributed by atoms with van der Waals surface area (Å²) >= 11 is 0. The smallest absolute Gasteiger partial charge is 0.238 e. The van der Waals surface area contributed by atoms with E-state index in [1.807, 2.05) is 29.2 Å². The van der Waals surface area contributed by atoms with Crippen molar-refractivity contribution in [1.29, 1.82) is 0 Å². The molecule has 2 aliphatic carbocycles. The number of primary sulfonamides is 1. The number of hydrogen-bond acceptors (Lipinski definition) is 4. The first-order chi connectivity index (χ1) is 15.3. The lowest BCUT2D eigenvalue weighted by atomic mass is 9.99. The van der Waals surface area contributed by atoms with E-state index in [0.29, 0.717) is 25.1 Å². The number of nitrogens with zero attached hydrogens (tertiary/aromatic N) is 2. The van der Waals surface area contributed by atoms with Crippen LogP contribution in [-0.4, -0.2) is 25.9 Å². The molecule has 0 radical (unpaired) electrons. The van der Waals surface area contributed by atoms with Crippen LogP contribution in [0.15, 0.2) is 65.7 Å². The molecule has 1 spiro atoms. The van der Waals surface area contributed by atoms with Crippen molar-refractivity contribution in [2.45, 2.75) is 36.0 Å². The minimum Gasteiger partial charge on any atom is -0.311 e. The van der Waals surface area contributed by atoms with Gasteiger partial charge in [-0.25, -0.2) is 13.6 Å². The van der Waals surface area contributed by atoms with Crippen molar-refractivity contribution in [3.05, 3.63) is 77.5 Å². The summed E-state index contributed by atoms with van der Waals surface area (Å²) in [6, 6.07) is 17.1. The molecule has 162 valence electrons. The summed E-state index contributed by atoms with van der Waals surface area (Å²) in [5, 5.41) is 5.36. The highest BCUT2D eigenvalue weighted by molar-refractivity contribution is 7.89. The van der Waals surface area contributed by atoms with Crippen molar-refractivity contribution in [2.24, 2.45) is 11.1 Å². The van der Waals surface area contributed by atoms with Gasteiger partial charge in [-0.05, 0) is 72.7 Å². The van der Waals surface area contributed by atoms with Gasteiger partial charge in [-0.1, -0.05) is 24.3 Å². The second kappa shape index (κ2) is 6.73. The standard InChI is InChI=1S/C25H23N3O3S/c26-32(30,31)20-6-7-21-23(14-20)28(15-25(21)8-9-25)24(29)19-11-16-4-5-17(12-18(16)13-19)22-3-1-2-10-27-22/h1-7,10,12,14,19H,8-9,11,13,15H2,(H2,26,30,31)/t19-/m1/s1. The van der Waals surface area contributed by atoms with Crippen molar-refractivity contribution in [3.8, 4) is 11.3 Å². The number of amides is 1. The number of carbonyl (C=O) groups excluding carboxylic acids is 1. The van der Waals surface area contributed by atoms with Gasteiger partial charge in [0.15, 0.2) is 0 Å². The fourth-order valence-electron chi connectivity index (χ4n) is 5.31. The zero-order chi connectivity index (χ0) is 22.1. The van der Waals surface area contributed by atoms with Gasteiger partial charge in [0, 0.05) is 35.3 Å². The molecule has 1 aliphatic heterocycles. The molecule has 7 heteroatoms. The van der Waals surface area contributed by atoms with E-state index in [9.17, 15) is 13.2 Å². The average molecular weight is 446 g/mol. The van der Waals surface area contributed by atoms with Gasteiger partial charge >= 0.3 is 0 Å². The average Bonchev–Trinajstić information content (AvgIpc) is 3.32. The molecule has 3 aromatic rings. The molecule has 1 aromatic heterocycles. The Morgan fingerprint density at radius 1 is 1.03 bits per heavy atom. The summed E-state index contributed by atoms with van der Waals surface area (Å²) in [5.74, 6) is -0.0824. The number of fused-ring (bicyclic) bond motifs is 3. The number of aromatic nitrogens is 1. The number of carbonyl (C=O) groups is 1. The number of anilines is 1. The topological polar surface area (TPSA) is 93.4 Å². The Morgan fingerprint density at radius 3 is 2.56 bits per heavy atom. The summed E-state index contributed by atoms with van der Waals surface area (Å²) in [6.07, 6.45) is 5.21. The van der Waals surface area contributed by atoms with E-state index >= 15 is 0 Å². The lowest BCUT2D eigenvalue weighted by molar-refractivity contribution is -0.122. The third-order valence-corrected chi connectivity index (χ3v) is 8.10. The predicted octanol–water partition coefficient (Wildman–Crippen LogP) is 3.19. The fourth-order valence-corrected chi connectivity index (χ4v) is 5.85. The fraction of sp³-hybridized carbons (Fsp3) is 0.280. The highest BCUT2D eigenvalue weighted by atomic mass is 32.2. The monoisotopic (exact) mass is 445 g/mol. The summed E-state index contributed by atoms with van der Waals surface area (Å²) in [7, 11) is -3.83. The molecule has 3 aliphatic rings. The van der Waals surface area contributed by atoms with Gasteiger partial charge in [0.25, 0.3) is 0 Å². The van der Waals surface area contributed by atoms with E-state index in [0.717, 1.165) is 29.7 Å². The zero-order valence-electron chi connectivity index (χ0n) is 17.5. The Labute approximate surface area is 187 Å². The molecule has 1 saturated carbocycles. The van der Waals surface area contributed by atoms with Crippen LogP contribution >= 0.6 is 0 Å². The van der Waals surface area contributed by atoms with Crippen LogP contribution in [-0.2, 0) is 33.1 Å². The number of pyridine rings is 1. The first kappa shape index (κ1) is 19.6. The lowest BCUT2D eigenvalue weighted by Crippen LogP contribution is -2.37. The number of rotatable bonds is 3. The van der Waals surface area contributed by atoms with E-state index in [1.54, 1.807) is 18.3 Å². The molecule has 1 fully saturated rings. The minimum absolute atomic E-state index is 0.0144. The van der Waals surface area contributed by atoms with Gasteiger partial charge in [-0.15, -0.1) is 0 Å². The van der Waals surface area contributed by atoms with E-state index in [2.05, 4.69) is 23.2 Å². The summed E-state index contributed by atoms with van der Waals surface area (Å²) in [5.41, 5.74) is 6.13. The van der Waals surface area contributed by atoms with Crippen molar-refractivity contribution < 1.29 is 13.2 Å². The largest absolute Gasteiger partial charge is 0.311 e. The third kappa shape index (κ3) is 3.07. The van der Waals surface area contributed by atoms with Crippen molar-refractivity contribution in [2.75, 3.05) is 11.4 Å². The van der Waals surface area contributed by atoms with E-state index in [-0.39, 0.29) is 22.1 Å². The molecular weight excluding hydrogens is 422 g/mol. The normalized spacial score (nSPS) is 20.3. The Balaban J connectivity index is 1.30. The van der Waals surface area contributed by atoms with Crippen LogP contribution in [0.2, 0.25) is 0 Å². The molecule has 6 rings (SSSR count). The molecule has 0 saturated heterocycles. The molecule has 2 aromatic carbocycles. The molecule has 2 heterocycles. The third-order valence-electron chi connectivity index (χ3n) is 7.19. The van der Waals surface area contributed by atoms with Gasteiger partial charge in [0.05, 0.1) is 10.6 Å². The number of nitrogens with two attached hydrogens (primary N) is 1. The van der Waals surface area contributed by atoms with Gasteiger partial charge in [-0.2, -0.15) is 0 Å². The first-order valence-corrected chi connectivity index (χ1v) is 12.4. The maximum Gasteiger partial charge on any atom is 0.238 e. The van der Waals surface area contributed by atoms with Crippen LogP contribution in [0.3, 0.4) is 0 Å². The summed E-state index contributed by atoms with van der Waals surface area (Å²) < 4.78 is 23.8.